The lowest BCUT2D eigenvalue weighted by atomic mass is 10.0. The molecule has 1 aliphatic carbocycles. The Morgan fingerprint density at radius 2 is 1.95 bits per heavy atom. The van der Waals surface area contributed by atoms with E-state index in [9.17, 15) is 4.79 Å². The number of methoxy groups -OCH3 is 1. The van der Waals surface area contributed by atoms with Crippen molar-refractivity contribution in [2.24, 2.45) is 5.92 Å². The molecule has 0 aliphatic heterocycles. The number of anilines is 1. The molecule has 1 saturated carbocycles. The number of hydrogen-bond donors (Lipinski definition) is 1. The van der Waals surface area contributed by atoms with Crippen molar-refractivity contribution in [2.75, 3.05) is 12.4 Å². The molecule has 108 valence electrons. The summed E-state index contributed by atoms with van der Waals surface area (Å²) in [6, 6.07) is 16.1. The van der Waals surface area contributed by atoms with E-state index in [1.54, 1.807) is 7.11 Å². The Kier molecular flexibility index (Phi) is 3.91. The van der Waals surface area contributed by atoms with Crippen molar-refractivity contribution in [2.45, 2.75) is 19.3 Å². The number of carbonyl (C=O) groups is 1. The van der Waals surface area contributed by atoms with E-state index in [0.717, 1.165) is 36.3 Å². The van der Waals surface area contributed by atoms with Crippen LogP contribution < -0.4 is 10.1 Å². The van der Waals surface area contributed by atoms with Crippen molar-refractivity contribution < 1.29 is 9.53 Å². The predicted octanol–water partition coefficient (Wildman–Crippen LogP) is 3.63. The van der Waals surface area contributed by atoms with E-state index >= 15 is 0 Å². The van der Waals surface area contributed by atoms with Gasteiger partial charge in [0, 0.05) is 23.6 Å². The summed E-state index contributed by atoms with van der Waals surface area (Å²) in [6.07, 6.45) is 2.81. The average molecular weight is 281 g/mol. The van der Waals surface area contributed by atoms with Gasteiger partial charge in [-0.2, -0.15) is 0 Å². The maximum atomic E-state index is 11.9. The highest BCUT2D eigenvalue weighted by Crippen LogP contribution is 2.31. The van der Waals surface area contributed by atoms with Crippen molar-refractivity contribution in [3.8, 4) is 5.75 Å². The van der Waals surface area contributed by atoms with Crippen molar-refractivity contribution in [3.05, 3.63) is 59.7 Å². The van der Waals surface area contributed by atoms with Crippen molar-refractivity contribution in [1.29, 1.82) is 0 Å². The van der Waals surface area contributed by atoms with Crippen molar-refractivity contribution in [3.63, 3.8) is 0 Å². The second-order valence-electron chi connectivity index (χ2n) is 5.45. The summed E-state index contributed by atoms with van der Waals surface area (Å²) in [7, 11) is 1.67. The van der Waals surface area contributed by atoms with Gasteiger partial charge in [0.2, 0.25) is 5.91 Å². The third kappa shape index (κ3) is 3.43. The lowest BCUT2D eigenvalue weighted by Crippen LogP contribution is -2.13. The van der Waals surface area contributed by atoms with Gasteiger partial charge in [-0.15, -0.1) is 0 Å². The molecule has 0 aromatic heterocycles. The second-order valence-corrected chi connectivity index (χ2v) is 5.45. The first kappa shape index (κ1) is 13.7. The topological polar surface area (TPSA) is 38.3 Å². The zero-order valence-corrected chi connectivity index (χ0v) is 12.1. The first-order valence-electron chi connectivity index (χ1n) is 7.28. The van der Waals surface area contributed by atoms with Gasteiger partial charge in [0.1, 0.15) is 5.75 Å². The Hall–Kier alpha value is -2.29. The third-order valence-corrected chi connectivity index (χ3v) is 3.73. The fourth-order valence-electron chi connectivity index (χ4n) is 2.40. The van der Waals surface area contributed by atoms with Crippen LogP contribution in [0.4, 0.5) is 5.69 Å². The van der Waals surface area contributed by atoms with E-state index in [4.69, 9.17) is 4.74 Å². The maximum absolute atomic E-state index is 11.9. The fourth-order valence-corrected chi connectivity index (χ4v) is 2.40. The number of nitrogens with one attached hydrogen (secondary N) is 1. The first-order valence-corrected chi connectivity index (χ1v) is 7.28. The minimum absolute atomic E-state index is 0.130. The molecule has 1 N–H and O–H groups in total. The number of amides is 1. The Morgan fingerprint density at radius 1 is 1.19 bits per heavy atom. The molecule has 0 heterocycles. The van der Waals surface area contributed by atoms with Crippen LogP contribution in [0.2, 0.25) is 0 Å². The molecule has 3 heteroatoms. The van der Waals surface area contributed by atoms with Crippen LogP contribution in [0.3, 0.4) is 0 Å². The van der Waals surface area contributed by atoms with Crippen LogP contribution in [0.15, 0.2) is 48.5 Å². The number of carbonyl (C=O) groups excluding carboxylic acids is 1. The largest absolute Gasteiger partial charge is 0.496 e. The smallest absolute Gasteiger partial charge is 0.227 e. The molecule has 1 aliphatic rings. The van der Waals surface area contributed by atoms with E-state index in [1.165, 1.54) is 5.56 Å². The summed E-state index contributed by atoms with van der Waals surface area (Å²) in [5.74, 6) is 1.19. The predicted molar refractivity (Wildman–Crippen MR) is 83.6 cm³/mol. The van der Waals surface area contributed by atoms with E-state index in [-0.39, 0.29) is 11.8 Å². The number of benzene rings is 2. The van der Waals surface area contributed by atoms with Gasteiger partial charge in [-0.1, -0.05) is 30.3 Å². The monoisotopic (exact) mass is 281 g/mol. The molecule has 1 amide bonds. The molecular weight excluding hydrogens is 262 g/mol. The Morgan fingerprint density at radius 3 is 2.62 bits per heavy atom. The number of hydrogen-bond acceptors (Lipinski definition) is 2. The summed E-state index contributed by atoms with van der Waals surface area (Å²) in [4.78, 5) is 11.9. The molecule has 3 nitrogen and oxygen atoms in total. The number of ether oxygens (including phenoxy) is 1. The van der Waals surface area contributed by atoms with Gasteiger partial charge in [-0.25, -0.2) is 0 Å². The molecule has 3 rings (SSSR count). The highest BCUT2D eigenvalue weighted by molar-refractivity contribution is 5.94. The minimum Gasteiger partial charge on any atom is -0.496 e. The van der Waals surface area contributed by atoms with Gasteiger partial charge in [-0.05, 0) is 36.6 Å². The van der Waals surface area contributed by atoms with Crippen LogP contribution in [-0.2, 0) is 11.2 Å². The van der Waals surface area contributed by atoms with E-state index in [2.05, 4.69) is 17.4 Å². The highest BCUT2D eigenvalue weighted by atomic mass is 16.5. The zero-order valence-electron chi connectivity index (χ0n) is 12.1. The minimum atomic E-state index is 0.130. The Bertz CT molecular complexity index is 633. The van der Waals surface area contributed by atoms with Gasteiger partial charge in [0.25, 0.3) is 0 Å². The van der Waals surface area contributed by atoms with Gasteiger partial charge < -0.3 is 10.1 Å². The molecule has 1 fully saturated rings. The molecule has 0 unspecified atom stereocenters. The van der Waals surface area contributed by atoms with Crippen molar-refractivity contribution >= 4 is 11.6 Å². The van der Waals surface area contributed by atoms with Crippen LogP contribution in [0.5, 0.6) is 5.75 Å². The fraction of sp³-hybridized carbons (Fsp3) is 0.278. The maximum Gasteiger partial charge on any atom is 0.227 e. The molecular formula is C18H19NO2. The zero-order chi connectivity index (χ0) is 14.7. The average Bonchev–Trinajstić information content (AvgIpc) is 3.33. The summed E-state index contributed by atoms with van der Waals surface area (Å²) >= 11 is 0. The standard InChI is InChI=1S/C18H19NO2/c1-21-17-10-9-16(19-18(20)14-7-8-14)12-15(17)11-13-5-3-2-4-6-13/h2-6,9-10,12,14H,7-8,11H2,1H3,(H,19,20). The first-order chi connectivity index (χ1) is 10.3. The summed E-state index contributed by atoms with van der Waals surface area (Å²) in [5.41, 5.74) is 3.15. The van der Waals surface area contributed by atoms with Gasteiger partial charge in [0.15, 0.2) is 0 Å². The molecule has 2 aromatic rings. The van der Waals surface area contributed by atoms with E-state index in [0.29, 0.717) is 0 Å². The molecule has 0 radical (unpaired) electrons. The van der Waals surface area contributed by atoms with Crippen LogP contribution in [-0.4, -0.2) is 13.0 Å². The highest BCUT2D eigenvalue weighted by Gasteiger charge is 2.29. The van der Waals surface area contributed by atoms with Gasteiger partial charge in [-0.3, -0.25) is 4.79 Å². The third-order valence-electron chi connectivity index (χ3n) is 3.73. The summed E-state index contributed by atoms with van der Waals surface area (Å²) in [6.45, 7) is 0. The van der Waals surface area contributed by atoms with Gasteiger partial charge in [0.05, 0.1) is 7.11 Å². The second kappa shape index (κ2) is 6.00. The molecule has 21 heavy (non-hydrogen) atoms. The van der Waals surface area contributed by atoms with Crippen LogP contribution in [0, 0.1) is 5.92 Å². The SMILES string of the molecule is COc1ccc(NC(=O)C2CC2)cc1Cc1ccccc1. The Balaban J connectivity index is 1.81. The lowest BCUT2D eigenvalue weighted by molar-refractivity contribution is -0.117. The van der Waals surface area contributed by atoms with Crippen molar-refractivity contribution in [1.82, 2.24) is 0 Å². The van der Waals surface area contributed by atoms with Crippen LogP contribution in [0.25, 0.3) is 0 Å². The summed E-state index contributed by atoms with van der Waals surface area (Å²) < 4.78 is 5.42. The number of rotatable bonds is 5. The lowest BCUT2D eigenvalue weighted by Gasteiger charge is -2.12. The van der Waals surface area contributed by atoms with Crippen LogP contribution >= 0.6 is 0 Å². The van der Waals surface area contributed by atoms with Gasteiger partial charge >= 0.3 is 0 Å². The molecule has 0 saturated heterocycles. The normalized spacial score (nSPS) is 13.8. The van der Waals surface area contributed by atoms with E-state index in [1.807, 2.05) is 36.4 Å². The van der Waals surface area contributed by atoms with Crippen LogP contribution in [0.1, 0.15) is 24.0 Å². The molecule has 0 spiro atoms. The Labute approximate surface area is 124 Å². The molecule has 0 bridgehead atoms. The molecule has 2 aromatic carbocycles. The quantitative estimate of drug-likeness (QED) is 0.908. The van der Waals surface area contributed by atoms with E-state index < -0.39 is 0 Å². The summed E-state index contributed by atoms with van der Waals surface area (Å²) in [5, 5.41) is 2.99. The molecule has 0 atom stereocenters.